The molecule has 0 fully saturated rings. The van der Waals surface area contributed by atoms with Crippen LogP contribution >= 0.6 is 15.6 Å². The van der Waals surface area contributed by atoms with Crippen LogP contribution in [0.25, 0.3) is 0 Å². The van der Waals surface area contributed by atoms with Gasteiger partial charge in [-0.1, -0.05) is 351 Å². The first-order valence-corrected chi connectivity index (χ1v) is 43.7. The molecule has 6 atom stereocenters. The second kappa shape index (κ2) is 68.2. The van der Waals surface area contributed by atoms with Crippen molar-refractivity contribution in [3.63, 3.8) is 0 Å². The number of unbranched alkanes of at least 4 members (excludes halogenated alkanes) is 41. The van der Waals surface area contributed by atoms with Crippen molar-refractivity contribution in [1.29, 1.82) is 0 Å². The number of carbonyl (C=O) groups excluding carboxylic acids is 4. The van der Waals surface area contributed by atoms with Gasteiger partial charge in [-0.25, -0.2) is 9.13 Å². The van der Waals surface area contributed by atoms with Gasteiger partial charge in [0.2, 0.25) is 0 Å². The van der Waals surface area contributed by atoms with E-state index in [1.54, 1.807) is 0 Å². The fourth-order valence-electron chi connectivity index (χ4n) is 12.0. The van der Waals surface area contributed by atoms with Crippen molar-refractivity contribution in [1.82, 2.24) is 0 Å². The summed E-state index contributed by atoms with van der Waals surface area (Å²) in [6.07, 6.45) is 54.3. The Balaban J connectivity index is 5.17. The average molecular weight is 1440 g/mol. The van der Waals surface area contributed by atoms with Gasteiger partial charge in [0.15, 0.2) is 12.2 Å². The number of hydrogen-bond acceptors (Lipinski definition) is 15. The Kier molecular flexibility index (Phi) is 66.8. The van der Waals surface area contributed by atoms with E-state index in [2.05, 4.69) is 55.4 Å². The minimum atomic E-state index is -4.96. The number of aliphatic hydroxyl groups is 1. The Bertz CT molecular complexity index is 1920. The minimum Gasteiger partial charge on any atom is -0.462 e. The van der Waals surface area contributed by atoms with Gasteiger partial charge in [0.1, 0.15) is 19.3 Å². The summed E-state index contributed by atoms with van der Waals surface area (Å²) in [5, 5.41) is 10.6. The van der Waals surface area contributed by atoms with Gasteiger partial charge in [-0.05, 0) is 49.4 Å². The number of carbonyl (C=O) groups is 4. The molecule has 0 aliphatic heterocycles. The molecule has 0 saturated heterocycles. The lowest BCUT2D eigenvalue weighted by atomic mass is 9.99. The van der Waals surface area contributed by atoms with E-state index in [-0.39, 0.29) is 25.7 Å². The Hall–Kier alpha value is -1.94. The average Bonchev–Trinajstić information content (AvgIpc) is 1.03. The maximum atomic E-state index is 13.1. The van der Waals surface area contributed by atoms with Crippen LogP contribution in [-0.4, -0.2) is 96.7 Å². The zero-order chi connectivity index (χ0) is 72.4. The van der Waals surface area contributed by atoms with Gasteiger partial charge >= 0.3 is 39.5 Å². The maximum absolute atomic E-state index is 13.1. The minimum absolute atomic E-state index is 0.105. The summed E-state index contributed by atoms with van der Waals surface area (Å²) in [5.41, 5.74) is 0. The SMILES string of the molecule is CCC(C)CCCCCCCCCCC(=O)O[C@H](COC(=O)CCCCCCCCCCCCCCCCCCCCC(C)C)COP(=O)(O)OC[C@@H](O)COP(=O)(O)OC[C@@H](COC(=O)CCCCCCCCC(C)C)OC(=O)CCCCCCCCCCCCCCCC(C)C. The molecule has 0 heterocycles. The summed E-state index contributed by atoms with van der Waals surface area (Å²) in [7, 11) is -9.92. The molecule has 0 bridgehead atoms. The molecule has 0 aromatic heterocycles. The number of aliphatic hydroxyl groups excluding tert-OH is 1. The maximum Gasteiger partial charge on any atom is 0.472 e. The molecule has 3 unspecified atom stereocenters. The van der Waals surface area contributed by atoms with Gasteiger partial charge in [0.25, 0.3) is 0 Å². The van der Waals surface area contributed by atoms with Crippen LogP contribution in [0.4, 0.5) is 0 Å². The molecule has 582 valence electrons. The molecular formula is C79H154O17P2. The standard InChI is InChI=1S/C79H154O17P2/c1-9-72(8)58-50-42-33-29-30-36-46-54-62-79(84)96-74(65-89-76(81)59-51-43-34-27-23-19-15-13-11-10-12-14-17-21-25-31-39-47-55-69(2)3)67-93-97(85,86)91-63-73(80)64-92-98(87,88)94-68-75(66-90-77(82)60-52-44-38-37-41-49-57-71(6)7)95-78(83)61-53-45-35-28-24-20-16-18-22-26-32-40-48-56-70(4)5/h69-75,80H,9-68H2,1-8H3,(H,85,86)(H,87,88)/t72?,73-,74-,75-/m1/s1. The van der Waals surface area contributed by atoms with Crippen LogP contribution in [0.3, 0.4) is 0 Å². The lowest BCUT2D eigenvalue weighted by molar-refractivity contribution is -0.161. The monoisotopic (exact) mass is 1440 g/mol. The van der Waals surface area contributed by atoms with Crippen LogP contribution in [0.2, 0.25) is 0 Å². The highest BCUT2D eigenvalue weighted by molar-refractivity contribution is 7.47. The quantitative estimate of drug-likeness (QED) is 0.0222. The predicted octanol–water partition coefficient (Wildman–Crippen LogP) is 23.2. The number of hydrogen-bond donors (Lipinski definition) is 3. The molecule has 0 rings (SSSR count). The van der Waals surface area contributed by atoms with Gasteiger partial charge in [-0.3, -0.25) is 37.3 Å². The molecule has 0 spiro atoms. The Labute approximate surface area is 600 Å². The van der Waals surface area contributed by atoms with E-state index in [4.69, 9.17) is 37.0 Å². The summed E-state index contributed by atoms with van der Waals surface area (Å²) in [4.78, 5) is 72.9. The second-order valence-electron chi connectivity index (χ2n) is 30.1. The lowest BCUT2D eigenvalue weighted by Gasteiger charge is -2.21. The third-order valence-corrected chi connectivity index (χ3v) is 20.6. The molecule has 0 radical (unpaired) electrons. The normalized spacial score (nSPS) is 14.3. The van der Waals surface area contributed by atoms with Crippen LogP contribution in [0.1, 0.15) is 402 Å². The van der Waals surface area contributed by atoms with Crippen molar-refractivity contribution in [2.24, 2.45) is 23.7 Å². The highest BCUT2D eigenvalue weighted by Crippen LogP contribution is 2.45. The number of phosphoric ester groups is 2. The van der Waals surface area contributed by atoms with Crippen LogP contribution in [0.15, 0.2) is 0 Å². The number of esters is 4. The Morgan fingerprint density at radius 2 is 0.490 bits per heavy atom. The number of rotatable bonds is 76. The molecule has 17 nitrogen and oxygen atoms in total. The van der Waals surface area contributed by atoms with E-state index < -0.39 is 97.5 Å². The van der Waals surface area contributed by atoms with Crippen LogP contribution in [-0.2, 0) is 65.4 Å². The molecule has 0 aliphatic carbocycles. The van der Waals surface area contributed by atoms with Crippen LogP contribution in [0, 0.1) is 23.7 Å². The van der Waals surface area contributed by atoms with E-state index in [9.17, 15) is 43.2 Å². The van der Waals surface area contributed by atoms with E-state index >= 15 is 0 Å². The van der Waals surface area contributed by atoms with Crippen molar-refractivity contribution in [2.45, 2.75) is 420 Å². The summed E-state index contributed by atoms with van der Waals surface area (Å²) in [5.74, 6) is 0.938. The van der Waals surface area contributed by atoms with Crippen molar-refractivity contribution in [3.8, 4) is 0 Å². The summed E-state index contributed by atoms with van der Waals surface area (Å²) in [6, 6.07) is 0. The lowest BCUT2D eigenvalue weighted by Crippen LogP contribution is -2.30. The third-order valence-electron chi connectivity index (χ3n) is 18.7. The van der Waals surface area contributed by atoms with Crippen LogP contribution < -0.4 is 0 Å². The van der Waals surface area contributed by atoms with Gasteiger partial charge in [0.05, 0.1) is 26.4 Å². The first-order valence-electron chi connectivity index (χ1n) is 40.7. The highest BCUT2D eigenvalue weighted by atomic mass is 31.2. The van der Waals surface area contributed by atoms with Gasteiger partial charge in [-0.2, -0.15) is 0 Å². The second-order valence-corrected chi connectivity index (χ2v) is 33.0. The van der Waals surface area contributed by atoms with Crippen molar-refractivity contribution in [2.75, 3.05) is 39.6 Å². The molecule has 3 N–H and O–H groups in total. The van der Waals surface area contributed by atoms with E-state index in [0.717, 1.165) is 114 Å². The van der Waals surface area contributed by atoms with Crippen LogP contribution in [0.5, 0.6) is 0 Å². The predicted molar refractivity (Wildman–Crippen MR) is 400 cm³/mol. The van der Waals surface area contributed by atoms with Gasteiger partial charge in [-0.15, -0.1) is 0 Å². The number of phosphoric acid groups is 2. The van der Waals surface area contributed by atoms with E-state index in [0.29, 0.717) is 31.6 Å². The largest absolute Gasteiger partial charge is 0.472 e. The van der Waals surface area contributed by atoms with E-state index in [1.807, 2.05) is 0 Å². The van der Waals surface area contributed by atoms with Gasteiger partial charge < -0.3 is 33.8 Å². The molecule has 0 saturated carbocycles. The van der Waals surface area contributed by atoms with Gasteiger partial charge in [0, 0.05) is 25.7 Å². The van der Waals surface area contributed by atoms with Crippen molar-refractivity contribution < 1.29 is 80.2 Å². The number of ether oxygens (including phenoxy) is 4. The fourth-order valence-corrected chi connectivity index (χ4v) is 13.6. The molecular weight excluding hydrogens is 1280 g/mol. The molecule has 0 aliphatic rings. The highest BCUT2D eigenvalue weighted by Gasteiger charge is 2.30. The zero-order valence-electron chi connectivity index (χ0n) is 64.4. The zero-order valence-corrected chi connectivity index (χ0v) is 66.2. The molecule has 0 aromatic carbocycles. The van der Waals surface area contributed by atoms with Crippen molar-refractivity contribution in [3.05, 3.63) is 0 Å². The third kappa shape index (κ3) is 71.1. The molecule has 0 aromatic rings. The fraction of sp³-hybridized carbons (Fsp3) is 0.949. The van der Waals surface area contributed by atoms with Crippen molar-refractivity contribution >= 4 is 39.5 Å². The summed E-state index contributed by atoms with van der Waals surface area (Å²) < 4.78 is 68.6. The smallest absolute Gasteiger partial charge is 0.462 e. The molecule has 98 heavy (non-hydrogen) atoms. The summed E-state index contributed by atoms with van der Waals surface area (Å²) >= 11 is 0. The molecule has 0 amide bonds. The van der Waals surface area contributed by atoms with E-state index in [1.165, 1.54) is 199 Å². The topological polar surface area (TPSA) is 237 Å². The Morgan fingerprint density at radius 1 is 0.286 bits per heavy atom. The first-order chi connectivity index (χ1) is 47.1. The molecule has 19 heteroatoms. The Morgan fingerprint density at radius 3 is 0.724 bits per heavy atom. The summed E-state index contributed by atoms with van der Waals surface area (Å²) in [6.45, 7) is 14.2. The first kappa shape index (κ1) is 96.1.